The summed E-state index contributed by atoms with van der Waals surface area (Å²) in [7, 11) is 0. The van der Waals surface area contributed by atoms with Gasteiger partial charge in [0.2, 0.25) is 0 Å². The fourth-order valence-corrected chi connectivity index (χ4v) is 1.54. The fourth-order valence-electron chi connectivity index (χ4n) is 1.54. The maximum Gasteiger partial charge on any atom is 0.123 e. The minimum atomic E-state index is 0.291. The molecule has 0 amide bonds. The molecule has 0 spiro atoms. The van der Waals surface area contributed by atoms with Crippen LogP contribution in [0, 0.1) is 5.92 Å². The highest BCUT2D eigenvalue weighted by Crippen LogP contribution is 2.23. The molecule has 0 radical (unpaired) electrons. The Bertz CT molecular complexity index is 305. The normalized spacial score (nSPS) is 10.7. The minimum absolute atomic E-state index is 0.291. The summed E-state index contributed by atoms with van der Waals surface area (Å²) >= 11 is 0. The summed E-state index contributed by atoms with van der Waals surface area (Å²) in [6.45, 7) is 7.09. The Kier molecular flexibility index (Phi) is 4.47. The van der Waals surface area contributed by atoms with Crippen LogP contribution in [0.2, 0.25) is 0 Å². The summed E-state index contributed by atoms with van der Waals surface area (Å²) < 4.78 is 5.50. The minimum Gasteiger partial charge on any atom is -0.508 e. The van der Waals surface area contributed by atoms with E-state index in [0.717, 1.165) is 24.2 Å². The Morgan fingerprint density at radius 2 is 2.00 bits per heavy atom. The average Bonchev–Trinajstić information content (AvgIpc) is 2.12. The Morgan fingerprint density at radius 3 is 2.60 bits per heavy atom. The number of rotatable bonds is 5. The predicted molar refractivity (Wildman–Crippen MR) is 62.4 cm³/mol. The van der Waals surface area contributed by atoms with Crippen molar-refractivity contribution in [1.82, 2.24) is 0 Å². The van der Waals surface area contributed by atoms with Crippen LogP contribution in [0.15, 0.2) is 18.2 Å². The average molecular weight is 208 g/mol. The van der Waals surface area contributed by atoms with E-state index in [4.69, 9.17) is 4.74 Å². The van der Waals surface area contributed by atoms with Crippen molar-refractivity contribution in [2.45, 2.75) is 33.6 Å². The van der Waals surface area contributed by atoms with Crippen molar-refractivity contribution in [3.63, 3.8) is 0 Å². The van der Waals surface area contributed by atoms with Gasteiger partial charge in [-0.05, 0) is 36.5 Å². The summed E-state index contributed by atoms with van der Waals surface area (Å²) in [5, 5.41) is 9.53. The van der Waals surface area contributed by atoms with Crippen LogP contribution in [-0.4, -0.2) is 11.7 Å². The Labute approximate surface area is 91.9 Å². The first-order valence-electron chi connectivity index (χ1n) is 5.57. The van der Waals surface area contributed by atoms with Crippen LogP contribution in [0.1, 0.15) is 32.8 Å². The number of aromatic hydroxyl groups is 1. The van der Waals surface area contributed by atoms with Crippen LogP contribution >= 0.6 is 0 Å². The maximum absolute atomic E-state index is 9.53. The second-order valence-corrected chi connectivity index (χ2v) is 4.28. The van der Waals surface area contributed by atoms with Gasteiger partial charge in [0.25, 0.3) is 0 Å². The molecule has 0 bridgehead atoms. The number of phenols is 1. The predicted octanol–water partition coefficient (Wildman–Crippen LogP) is 3.38. The Hall–Kier alpha value is -1.18. The summed E-state index contributed by atoms with van der Waals surface area (Å²) in [5.41, 5.74) is 1.14. The lowest BCUT2D eigenvalue weighted by Gasteiger charge is -2.09. The van der Waals surface area contributed by atoms with Crippen molar-refractivity contribution in [3.8, 4) is 11.5 Å². The summed E-state index contributed by atoms with van der Waals surface area (Å²) in [4.78, 5) is 0. The van der Waals surface area contributed by atoms with Gasteiger partial charge < -0.3 is 9.84 Å². The van der Waals surface area contributed by atoms with Gasteiger partial charge in [-0.1, -0.05) is 20.8 Å². The molecule has 0 fully saturated rings. The van der Waals surface area contributed by atoms with Crippen LogP contribution < -0.4 is 4.74 Å². The number of hydrogen-bond acceptors (Lipinski definition) is 2. The zero-order valence-corrected chi connectivity index (χ0v) is 9.79. The smallest absolute Gasteiger partial charge is 0.123 e. The number of benzene rings is 1. The van der Waals surface area contributed by atoms with Crippen molar-refractivity contribution in [2.75, 3.05) is 6.61 Å². The fraction of sp³-hybridized carbons (Fsp3) is 0.538. The van der Waals surface area contributed by atoms with E-state index in [9.17, 15) is 5.11 Å². The second-order valence-electron chi connectivity index (χ2n) is 4.28. The molecule has 0 unspecified atom stereocenters. The van der Waals surface area contributed by atoms with Crippen molar-refractivity contribution >= 4 is 0 Å². The monoisotopic (exact) mass is 208 g/mol. The highest BCUT2D eigenvalue weighted by Gasteiger charge is 2.03. The van der Waals surface area contributed by atoms with Gasteiger partial charge in [-0.25, -0.2) is 0 Å². The number of ether oxygens (including phenoxy) is 1. The molecule has 1 aromatic carbocycles. The van der Waals surface area contributed by atoms with Crippen molar-refractivity contribution in [3.05, 3.63) is 23.8 Å². The van der Waals surface area contributed by atoms with Gasteiger partial charge in [0.05, 0.1) is 6.61 Å². The van der Waals surface area contributed by atoms with E-state index < -0.39 is 0 Å². The molecule has 0 aromatic heterocycles. The lowest BCUT2D eigenvalue weighted by atomic mass is 10.0. The van der Waals surface area contributed by atoms with E-state index in [2.05, 4.69) is 20.8 Å². The van der Waals surface area contributed by atoms with Gasteiger partial charge in [0, 0.05) is 6.07 Å². The first-order valence-corrected chi connectivity index (χ1v) is 5.57. The first kappa shape index (κ1) is 11.9. The second kappa shape index (κ2) is 5.64. The Balaban J connectivity index is 2.75. The molecule has 0 aliphatic rings. The van der Waals surface area contributed by atoms with E-state index in [1.807, 2.05) is 6.07 Å². The van der Waals surface area contributed by atoms with Crippen molar-refractivity contribution < 1.29 is 9.84 Å². The largest absolute Gasteiger partial charge is 0.508 e. The van der Waals surface area contributed by atoms with E-state index in [-0.39, 0.29) is 0 Å². The maximum atomic E-state index is 9.53. The van der Waals surface area contributed by atoms with Gasteiger partial charge >= 0.3 is 0 Å². The summed E-state index contributed by atoms with van der Waals surface area (Å²) in [6.07, 6.45) is 1.95. The molecule has 0 aliphatic carbocycles. The lowest BCUT2D eigenvalue weighted by molar-refractivity contribution is 0.315. The molecule has 84 valence electrons. The highest BCUT2D eigenvalue weighted by molar-refractivity contribution is 5.37. The first-order chi connectivity index (χ1) is 7.11. The Morgan fingerprint density at radius 1 is 1.27 bits per heavy atom. The van der Waals surface area contributed by atoms with Gasteiger partial charge in [-0.2, -0.15) is 0 Å². The molecule has 15 heavy (non-hydrogen) atoms. The number of phenolic OH excluding ortho intramolecular Hbond substituents is 1. The molecule has 2 nitrogen and oxygen atoms in total. The molecular formula is C13H20O2. The zero-order valence-electron chi connectivity index (χ0n) is 9.79. The standard InChI is InChI=1S/C13H20O2/c1-4-5-15-13-8-11(6-10(2)3)7-12(14)9-13/h7-10,14H,4-6H2,1-3H3. The summed E-state index contributed by atoms with van der Waals surface area (Å²) in [6, 6.07) is 5.48. The summed E-state index contributed by atoms with van der Waals surface area (Å²) in [5.74, 6) is 1.65. The van der Waals surface area contributed by atoms with Crippen LogP contribution in [-0.2, 0) is 6.42 Å². The molecule has 0 heterocycles. The molecule has 1 aromatic rings. The van der Waals surface area contributed by atoms with Crippen molar-refractivity contribution in [1.29, 1.82) is 0 Å². The third-order valence-electron chi connectivity index (χ3n) is 2.07. The topological polar surface area (TPSA) is 29.5 Å². The van der Waals surface area contributed by atoms with Crippen LogP contribution in [0.25, 0.3) is 0 Å². The highest BCUT2D eigenvalue weighted by atomic mass is 16.5. The van der Waals surface area contributed by atoms with Gasteiger partial charge in [-0.15, -0.1) is 0 Å². The molecule has 1 N–H and O–H groups in total. The quantitative estimate of drug-likeness (QED) is 0.803. The SMILES string of the molecule is CCCOc1cc(O)cc(CC(C)C)c1. The third kappa shape index (κ3) is 4.24. The molecule has 0 saturated heterocycles. The van der Waals surface area contributed by atoms with E-state index in [1.54, 1.807) is 12.1 Å². The molecular weight excluding hydrogens is 188 g/mol. The third-order valence-corrected chi connectivity index (χ3v) is 2.07. The number of hydrogen-bond donors (Lipinski definition) is 1. The lowest BCUT2D eigenvalue weighted by Crippen LogP contribution is -1.98. The van der Waals surface area contributed by atoms with Crippen molar-refractivity contribution in [2.24, 2.45) is 5.92 Å². The van der Waals surface area contributed by atoms with Gasteiger partial charge in [-0.3, -0.25) is 0 Å². The van der Waals surface area contributed by atoms with Crippen LogP contribution in [0.3, 0.4) is 0 Å². The van der Waals surface area contributed by atoms with E-state index in [0.29, 0.717) is 18.3 Å². The van der Waals surface area contributed by atoms with Gasteiger partial charge in [0.1, 0.15) is 11.5 Å². The van der Waals surface area contributed by atoms with Crippen LogP contribution in [0.4, 0.5) is 0 Å². The molecule has 0 atom stereocenters. The molecule has 0 aliphatic heterocycles. The van der Waals surface area contributed by atoms with Gasteiger partial charge in [0.15, 0.2) is 0 Å². The molecule has 2 heteroatoms. The molecule has 0 saturated carbocycles. The molecule has 1 rings (SSSR count). The zero-order chi connectivity index (χ0) is 11.3. The van der Waals surface area contributed by atoms with E-state index in [1.165, 1.54) is 0 Å². The van der Waals surface area contributed by atoms with Crippen LogP contribution in [0.5, 0.6) is 11.5 Å². The van der Waals surface area contributed by atoms with E-state index >= 15 is 0 Å².